The molecule has 2 aromatic heterocycles. The zero-order valence-electron chi connectivity index (χ0n) is 22.5. The van der Waals surface area contributed by atoms with Crippen LogP contribution in [-0.4, -0.2) is 45.9 Å². The number of anilines is 1. The Bertz CT molecular complexity index is 1480. The number of nitrogens with two attached hydrogens (primary N) is 1. The van der Waals surface area contributed by atoms with Gasteiger partial charge in [-0.3, -0.25) is 9.32 Å². The van der Waals surface area contributed by atoms with E-state index in [0.717, 1.165) is 16.4 Å². The van der Waals surface area contributed by atoms with E-state index >= 15 is 0 Å². The number of nitrogen functional groups attached to an aromatic ring is 1. The van der Waals surface area contributed by atoms with Crippen LogP contribution in [-0.2, 0) is 36.5 Å². The lowest BCUT2D eigenvalue weighted by Gasteiger charge is -2.23. The fourth-order valence-electron chi connectivity index (χ4n) is 4.04. The summed E-state index contributed by atoms with van der Waals surface area (Å²) in [5.74, 6) is 0.687. The minimum Gasteiger partial charge on any atom is -0.462 e. The van der Waals surface area contributed by atoms with Crippen LogP contribution in [0.25, 0.3) is 21.9 Å². The molecule has 0 spiro atoms. The molecule has 0 aliphatic heterocycles. The smallest absolute Gasteiger partial charge is 0.459 e. The Hall–Kier alpha value is -3.50. The molecule has 208 valence electrons. The Balaban J connectivity index is 1.63. The van der Waals surface area contributed by atoms with Crippen molar-refractivity contribution in [2.45, 2.75) is 53.0 Å². The number of aromatic nitrogens is 3. The third kappa shape index (κ3) is 6.93. The lowest BCUT2D eigenvalue weighted by Crippen LogP contribution is -2.36. The largest absolute Gasteiger partial charge is 0.462 e. The molecule has 2 heterocycles. The highest BCUT2D eigenvalue weighted by Crippen LogP contribution is 2.45. The van der Waals surface area contributed by atoms with Gasteiger partial charge in [0.25, 0.3) is 0 Å². The van der Waals surface area contributed by atoms with Gasteiger partial charge in [-0.1, -0.05) is 36.4 Å². The highest BCUT2D eigenvalue weighted by Gasteiger charge is 2.32. The van der Waals surface area contributed by atoms with Gasteiger partial charge in [-0.2, -0.15) is 5.09 Å². The molecule has 0 unspecified atom stereocenters. The number of ether oxygens (including phenoxy) is 2. The lowest BCUT2D eigenvalue weighted by atomic mass is 10.2. The van der Waals surface area contributed by atoms with Gasteiger partial charge in [0.1, 0.15) is 29.7 Å². The second-order valence-corrected chi connectivity index (χ2v) is 10.8. The van der Waals surface area contributed by atoms with Crippen LogP contribution in [0.2, 0.25) is 0 Å². The first-order valence-corrected chi connectivity index (χ1v) is 14.3. The van der Waals surface area contributed by atoms with Crippen molar-refractivity contribution in [1.82, 2.24) is 19.6 Å². The number of hydrogen-bond acceptors (Lipinski definition) is 9. The highest BCUT2D eigenvalue weighted by molar-refractivity contribution is 7.52. The van der Waals surface area contributed by atoms with E-state index < -0.39 is 19.8 Å². The molecule has 11 nitrogen and oxygen atoms in total. The molecule has 2 aromatic carbocycles. The van der Waals surface area contributed by atoms with Gasteiger partial charge >= 0.3 is 13.7 Å². The van der Waals surface area contributed by atoms with Crippen molar-refractivity contribution in [3.63, 3.8) is 0 Å². The molecule has 4 aromatic rings. The predicted molar refractivity (Wildman–Crippen MR) is 149 cm³/mol. The summed E-state index contributed by atoms with van der Waals surface area (Å²) >= 11 is 0. The third-order valence-electron chi connectivity index (χ3n) is 5.73. The summed E-state index contributed by atoms with van der Waals surface area (Å²) < 4.78 is 38.3. The summed E-state index contributed by atoms with van der Waals surface area (Å²) in [4.78, 5) is 21.6. The van der Waals surface area contributed by atoms with E-state index in [0.29, 0.717) is 29.5 Å². The molecule has 0 bridgehead atoms. The standard InChI is InChI=1S/C27H34N5O6P/c1-5-35-17-23-30-24-25(21-13-9-10-14-22(21)29-26(24)28)32(23)15-16-36-39(34,38-20-11-7-6-8-12-20)31-19(4)27(33)37-18(2)3/h6-14,18-19H,5,15-17H2,1-4H3,(H2,28,29)(H,31,34)/t19-,39+/m1/s1. The highest BCUT2D eigenvalue weighted by atomic mass is 31.2. The Morgan fingerprint density at radius 2 is 1.79 bits per heavy atom. The van der Waals surface area contributed by atoms with Crippen LogP contribution in [0.4, 0.5) is 5.82 Å². The van der Waals surface area contributed by atoms with Crippen molar-refractivity contribution < 1.29 is 27.9 Å². The monoisotopic (exact) mass is 555 g/mol. The number of fused-ring (bicyclic) bond motifs is 3. The van der Waals surface area contributed by atoms with Crippen LogP contribution in [0, 0.1) is 0 Å². The molecule has 0 aliphatic carbocycles. The van der Waals surface area contributed by atoms with Gasteiger partial charge in [-0.05, 0) is 45.9 Å². The maximum atomic E-state index is 13.9. The van der Waals surface area contributed by atoms with Crippen LogP contribution in [0.5, 0.6) is 5.75 Å². The minimum atomic E-state index is -4.02. The molecular weight excluding hydrogens is 521 g/mol. The first kappa shape index (κ1) is 28.5. The molecule has 0 amide bonds. The van der Waals surface area contributed by atoms with E-state index in [2.05, 4.69) is 10.1 Å². The predicted octanol–water partition coefficient (Wildman–Crippen LogP) is 4.84. The van der Waals surface area contributed by atoms with Crippen LogP contribution in [0.1, 0.15) is 33.5 Å². The number of esters is 1. The summed E-state index contributed by atoms with van der Waals surface area (Å²) in [5.41, 5.74) is 8.31. The first-order chi connectivity index (χ1) is 18.7. The molecule has 0 radical (unpaired) electrons. The van der Waals surface area contributed by atoms with E-state index in [4.69, 9.17) is 29.2 Å². The molecular formula is C27H34N5O6P. The topological polar surface area (TPSA) is 140 Å². The lowest BCUT2D eigenvalue weighted by molar-refractivity contribution is -0.149. The van der Waals surface area contributed by atoms with Gasteiger partial charge in [-0.25, -0.2) is 14.5 Å². The van der Waals surface area contributed by atoms with Gasteiger partial charge in [0.2, 0.25) is 0 Å². The average molecular weight is 556 g/mol. The maximum absolute atomic E-state index is 13.9. The first-order valence-electron chi connectivity index (χ1n) is 12.8. The Morgan fingerprint density at radius 1 is 1.08 bits per heavy atom. The maximum Gasteiger partial charge on any atom is 0.459 e. The third-order valence-corrected chi connectivity index (χ3v) is 7.40. The normalized spacial score (nSPS) is 14.0. The molecule has 0 fully saturated rings. The summed E-state index contributed by atoms with van der Waals surface area (Å²) in [6.07, 6.45) is -0.327. The SMILES string of the molecule is CCOCc1nc2c(N)nc3ccccc3c2n1CCO[P@@](=O)(N[C@H](C)C(=O)OC(C)C)Oc1ccccc1. The number of imidazole rings is 1. The molecule has 39 heavy (non-hydrogen) atoms. The number of pyridine rings is 1. The van der Waals surface area contributed by atoms with E-state index in [1.807, 2.05) is 41.8 Å². The zero-order valence-corrected chi connectivity index (χ0v) is 23.4. The number of rotatable bonds is 13. The van der Waals surface area contributed by atoms with Crippen LogP contribution in [0.3, 0.4) is 0 Å². The summed E-state index contributed by atoms with van der Waals surface area (Å²) in [6.45, 7) is 7.88. The Labute approximate surface area is 227 Å². The van der Waals surface area contributed by atoms with Crippen molar-refractivity contribution in [2.24, 2.45) is 0 Å². The number of para-hydroxylation sites is 2. The van der Waals surface area contributed by atoms with Crippen LogP contribution in [0.15, 0.2) is 54.6 Å². The van der Waals surface area contributed by atoms with Crippen molar-refractivity contribution >= 4 is 41.5 Å². The summed E-state index contributed by atoms with van der Waals surface area (Å²) in [7, 11) is -4.02. The number of hydrogen-bond donors (Lipinski definition) is 2. The van der Waals surface area contributed by atoms with Crippen molar-refractivity contribution in [3.8, 4) is 5.75 Å². The quantitative estimate of drug-likeness (QED) is 0.174. The summed E-state index contributed by atoms with van der Waals surface area (Å²) in [6, 6.07) is 15.3. The fraction of sp³-hybridized carbons (Fsp3) is 0.370. The van der Waals surface area contributed by atoms with Gasteiger partial charge in [0.15, 0.2) is 5.82 Å². The molecule has 2 atom stereocenters. The van der Waals surface area contributed by atoms with Gasteiger partial charge in [0, 0.05) is 18.5 Å². The summed E-state index contributed by atoms with van der Waals surface area (Å²) in [5, 5.41) is 3.57. The van der Waals surface area contributed by atoms with Crippen molar-refractivity contribution in [3.05, 3.63) is 60.4 Å². The van der Waals surface area contributed by atoms with E-state index in [-0.39, 0.29) is 25.9 Å². The average Bonchev–Trinajstić information content (AvgIpc) is 3.26. The zero-order chi connectivity index (χ0) is 28.0. The molecule has 4 rings (SSSR count). The minimum absolute atomic E-state index is 0.0375. The van der Waals surface area contributed by atoms with Crippen molar-refractivity contribution in [2.75, 3.05) is 18.9 Å². The Kier molecular flexibility index (Phi) is 9.19. The van der Waals surface area contributed by atoms with Crippen LogP contribution >= 0.6 is 7.75 Å². The van der Waals surface area contributed by atoms with Crippen molar-refractivity contribution in [1.29, 1.82) is 0 Å². The molecule has 0 saturated carbocycles. The number of carbonyl (C=O) groups excluding carboxylic acids is 1. The van der Waals surface area contributed by atoms with Gasteiger partial charge < -0.3 is 24.3 Å². The van der Waals surface area contributed by atoms with E-state index in [1.54, 1.807) is 45.0 Å². The second-order valence-electron chi connectivity index (χ2n) is 9.10. The number of benzene rings is 2. The fourth-order valence-corrected chi connectivity index (χ4v) is 5.52. The number of nitrogens with one attached hydrogen (secondary N) is 1. The molecule has 0 saturated heterocycles. The molecule has 12 heteroatoms. The van der Waals surface area contributed by atoms with Crippen LogP contribution < -0.4 is 15.3 Å². The molecule has 0 aliphatic rings. The van der Waals surface area contributed by atoms with Gasteiger partial charge in [0.05, 0.1) is 23.7 Å². The van der Waals surface area contributed by atoms with Gasteiger partial charge in [-0.15, -0.1) is 0 Å². The number of nitrogens with zero attached hydrogens (tertiary/aromatic N) is 3. The Morgan fingerprint density at radius 3 is 2.51 bits per heavy atom. The van der Waals surface area contributed by atoms with E-state index in [1.165, 1.54) is 0 Å². The number of carbonyl (C=O) groups is 1. The molecule has 3 N–H and O–H groups in total. The second kappa shape index (κ2) is 12.6. The van der Waals surface area contributed by atoms with E-state index in [9.17, 15) is 9.36 Å².